The quantitative estimate of drug-likeness (QED) is 0.743. The summed E-state index contributed by atoms with van der Waals surface area (Å²) in [6.45, 7) is 5.29. The lowest BCUT2D eigenvalue weighted by Gasteiger charge is -2.33. The van der Waals surface area contributed by atoms with Gasteiger partial charge < -0.3 is 19.7 Å². The third-order valence-corrected chi connectivity index (χ3v) is 4.70. The summed E-state index contributed by atoms with van der Waals surface area (Å²) >= 11 is 0. The highest BCUT2D eigenvalue weighted by Crippen LogP contribution is 2.27. The number of likely N-dealkylation sites (tertiary alicyclic amines) is 1. The highest BCUT2D eigenvalue weighted by molar-refractivity contribution is 5.78. The van der Waals surface area contributed by atoms with E-state index in [4.69, 9.17) is 9.47 Å². The molecular weight excluding hydrogens is 304 g/mol. The van der Waals surface area contributed by atoms with Crippen molar-refractivity contribution < 1.29 is 14.3 Å². The number of carbonyl (C=O) groups excluding carboxylic acids is 1. The third kappa shape index (κ3) is 5.41. The Labute approximate surface area is 145 Å². The van der Waals surface area contributed by atoms with E-state index < -0.39 is 0 Å². The second-order valence-electron chi connectivity index (χ2n) is 6.45. The molecular formula is C19H30N2O3. The molecule has 1 N–H and O–H groups in total. The molecule has 0 spiro atoms. The number of amides is 1. The molecule has 1 saturated heterocycles. The molecule has 1 atom stereocenters. The first-order valence-corrected chi connectivity index (χ1v) is 8.85. The fourth-order valence-electron chi connectivity index (χ4n) is 3.24. The van der Waals surface area contributed by atoms with E-state index in [0.717, 1.165) is 25.1 Å². The zero-order valence-corrected chi connectivity index (χ0v) is 15.1. The van der Waals surface area contributed by atoms with Gasteiger partial charge in [-0.2, -0.15) is 0 Å². The van der Waals surface area contributed by atoms with Gasteiger partial charge in [0.2, 0.25) is 5.91 Å². The Kier molecular flexibility index (Phi) is 7.37. The summed E-state index contributed by atoms with van der Waals surface area (Å²) in [7, 11) is 3.21. The van der Waals surface area contributed by atoms with Crippen molar-refractivity contribution in [3.63, 3.8) is 0 Å². The molecule has 0 aliphatic carbocycles. The van der Waals surface area contributed by atoms with Crippen LogP contribution in [0.4, 0.5) is 0 Å². The van der Waals surface area contributed by atoms with E-state index in [9.17, 15) is 4.79 Å². The first-order chi connectivity index (χ1) is 11.6. The molecule has 134 valence electrons. The largest absolute Gasteiger partial charge is 0.493 e. The molecule has 24 heavy (non-hydrogen) atoms. The van der Waals surface area contributed by atoms with E-state index in [1.165, 1.54) is 25.8 Å². The van der Waals surface area contributed by atoms with Gasteiger partial charge in [-0.1, -0.05) is 12.5 Å². The van der Waals surface area contributed by atoms with Gasteiger partial charge in [-0.15, -0.1) is 0 Å². The average Bonchev–Trinajstić information content (AvgIpc) is 2.60. The maximum Gasteiger partial charge on any atom is 0.224 e. The van der Waals surface area contributed by atoms with E-state index in [-0.39, 0.29) is 5.91 Å². The minimum atomic E-state index is 0.0499. The molecule has 0 bridgehead atoms. The normalized spacial score (nSPS) is 18.2. The first-order valence-electron chi connectivity index (χ1n) is 8.85. The Balaban J connectivity index is 1.71. The summed E-state index contributed by atoms with van der Waals surface area (Å²) in [4.78, 5) is 14.6. The number of nitrogens with zero attached hydrogens (tertiary/aromatic N) is 1. The average molecular weight is 334 g/mol. The van der Waals surface area contributed by atoms with Crippen LogP contribution in [0, 0.1) is 0 Å². The fourth-order valence-corrected chi connectivity index (χ4v) is 3.24. The van der Waals surface area contributed by atoms with Crippen LogP contribution < -0.4 is 14.8 Å². The number of nitrogens with one attached hydrogen (secondary N) is 1. The minimum absolute atomic E-state index is 0.0499. The molecule has 1 heterocycles. The van der Waals surface area contributed by atoms with Crippen molar-refractivity contribution in [2.75, 3.05) is 33.9 Å². The number of ether oxygens (including phenoxy) is 2. The lowest BCUT2D eigenvalue weighted by Crippen LogP contribution is -2.39. The van der Waals surface area contributed by atoms with Crippen LogP contribution in [-0.2, 0) is 11.2 Å². The van der Waals surface area contributed by atoms with E-state index in [0.29, 0.717) is 24.0 Å². The van der Waals surface area contributed by atoms with Crippen molar-refractivity contribution in [2.45, 2.75) is 45.1 Å². The number of benzene rings is 1. The Morgan fingerprint density at radius 1 is 1.25 bits per heavy atom. The molecule has 1 aromatic carbocycles. The van der Waals surface area contributed by atoms with Crippen LogP contribution in [0.25, 0.3) is 0 Å². The molecule has 0 saturated carbocycles. The van der Waals surface area contributed by atoms with Crippen LogP contribution >= 0.6 is 0 Å². The lowest BCUT2D eigenvalue weighted by molar-refractivity contribution is -0.120. The highest BCUT2D eigenvalue weighted by atomic mass is 16.5. The monoisotopic (exact) mass is 334 g/mol. The zero-order chi connectivity index (χ0) is 17.4. The Hall–Kier alpha value is -1.75. The van der Waals surface area contributed by atoms with Crippen molar-refractivity contribution in [1.29, 1.82) is 0 Å². The van der Waals surface area contributed by atoms with E-state index in [2.05, 4.69) is 17.1 Å². The molecule has 1 aliphatic rings. The van der Waals surface area contributed by atoms with Gasteiger partial charge in [0.05, 0.1) is 20.6 Å². The van der Waals surface area contributed by atoms with E-state index in [1.807, 2.05) is 18.2 Å². The molecule has 5 heteroatoms. The van der Waals surface area contributed by atoms with Gasteiger partial charge in [0.25, 0.3) is 0 Å². The molecule has 1 aromatic rings. The molecule has 1 unspecified atom stereocenters. The van der Waals surface area contributed by atoms with E-state index >= 15 is 0 Å². The number of piperidine rings is 1. The standard InChI is InChI=1S/C19H30N2O3/c1-15-7-4-5-11-21(15)12-6-10-20-19(22)14-16-8-9-17(23-2)18(13-16)24-3/h8-9,13,15H,4-7,10-12,14H2,1-3H3,(H,20,22). The van der Waals surface area contributed by atoms with Crippen molar-refractivity contribution in [3.8, 4) is 11.5 Å². The minimum Gasteiger partial charge on any atom is -0.493 e. The topological polar surface area (TPSA) is 50.8 Å². The van der Waals surface area contributed by atoms with Gasteiger partial charge in [0, 0.05) is 19.1 Å². The zero-order valence-electron chi connectivity index (χ0n) is 15.1. The summed E-state index contributed by atoms with van der Waals surface area (Å²) in [5.41, 5.74) is 0.926. The number of hydrogen-bond donors (Lipinski definition) is 1. The van der Waals surface area contributed by atoms with Crippen LogP contribution in [0.2, 0.25) is 0 Å². The third-order valence-electron chi connectivity index (χ3n) is 4.70. The van der Waals surface area contributed by atoms with Gasteiger partial charge in [0.1, 0.15) is 0 Å². The van der Waals surface area contributed by atoms with E-state index in [1.54, 1.807) is 14.2 Å². The molecule has 1 fully saturated rings. The summed E-state index contributed by atoms with van der Waals surface area (Å²) in [5.74, 6) is 1.38. The predicted molar refractivity (Wildman–Crippen MR) is 95.8 cm³/mol. The Morgan fingerprint density at radius 2 is 2.04 bits per heavy atom. The molecule has 0 radical (unpaired) electrons. The number of methoxy groups -OCH3 is 2. The van der Waals surface area contributed by atoms with Gasteiger partial charge >= 0.3 is 0 Å². The van der Waals surface area contributed by atoms with Crippen molar-refractivity contribution in [3.05, 3.63) is 23.8 Å². The van der Waals surface area contributed by atoms with Crippen LogP contribution in [0.3, 0.4) is 0 Å². The summed E-state index contributed by atoms with van der Waals surface area (Å²) in [5, 5.41) is 3.01. The number of rotatable bonds is 8. The smallest absolute Gasteiger partial charge is 0.224 e. The second kappa shape index (κ2) is 9.52. The highest BCUT2D eigenvalue weighted by Gasteiger charge is 2.17. The van der Waals surface area contributed by atoms with Gasteiger partial charge in [0.15, 0.2) is 11.5 Å². The predicted octanol–water partition coefficient (Wildman–Crippen LogP) is 2.63. The summed E-state index contributed by atoms with van der Waals surface area (Å²) in [6, 6.07) is 6.27. The summed E-state index contributed by atoms with van der Waals surface area (Å²) < 4.78 is 10.5. The van der Waals surface area contributed by atoms with Crippen molar-refractivity contribution in [1.82, 2.24) is 10.2 Å². The van der Waals surface area contributed by atoms with Crippen LogP contribution in [0.5, 0.6) is 11.5 Å². The number of carbonyl (C=O) groups is 1. The fraction of sp³-hybridized carbons (Fsp3) is 0.632. The molecule has 1 aliphatic heterocycles. The molecule has 0 aromatic heterocycles. The Bertz CT molecular complexity index is 533. The van der Waals surface area contributed by atoms with Gasteiger partial charge in [-0.25, -0.2) is 0 Å². The second-order valence-corrected chi connectivity index (χ2v) is 6.45. The van der Waals surface area contributed by atoms with Gasteiger partial charge in [-0.05, 0) is 50.4 Å². The molecule has 2 rings (SSSR count). The SMILES string of the molecule is COc1ccc(CC(=O)NCCCN2CCCCC2C)cc1OC. The molecule has 1 amide bonds. The van der Waals surface area contributed by atoms with Crippen molar-refractivity contribution in [2.24, 2.45) is 0 Å². The molecule has 5 nitrogen and oxygen atoms in total. The number of hydrogen-bond acceptors (Lipinski definition) is 4. The lowest BCUT2D eigenvalue weighted by atomic mass is 10.0. The van der Waals surface area contributed by atoms with Crippen LogP contribution in [-0.4, -0.2) is 50.7 Å². The Morgan fingerprint density at radius 3 is 2.75 bits per heavy atom. The maximum absolute atomic E-state index is 12.1. The maximum atomic E-state index is 12.1. The van der Waals surface area contributed by atoms with Crippen LogP contribution in [0.1, 0.15) is 38.2 Å². The first kappa shape index (κ1) is 18.6. The van der Waals surface area contributed by atoms with Gasteiger partial charge in [-0.3, -0.25) is 4.79 Å². The van der Waals surface area contributed by atoms with Crippen LogP contribution in [0.15, 0.2) is 18.2 Å². The summed E-state index contributed by atoms with van der Waals surface area (Å²) in [6.07, 6.45) is 5.31. The van der Waals surface area contributed by atoms with Crippen molar-refractivity contribution >= 4 is 5.91 Å².